The molecule has 0 saturated heterocycles. The maximum Gasteiger partial charge on any atom is 0.0544 e. The lowest BCUT2D eigenvalue weighted by Gasteiger charge is -2.19. The third kappa shape index (κ3) is 5.61. The fourth-order valence-corrected chi connectivity index (χ4v) is 1.88. The molecule has 3 nitrogen and oxygen atoms in total. The second-order valence-corrected chi connectivity index (χ2v) is 4.66. The van der Waals surface area contributed by atoms with Crippen LogP contribution in [0, 0.1) is 0 Å². The molecular weight excluding hydrogens is 222 g/mol. The molecule has 3 heteroatoms. The van der Waals surface area contributed by atoms with E-state index >= 15 is 0 Å². The molecular formula is C15H27N3. The predicted octanol–water partition coefficient (Wildman–Crippen LogP) is 2.81. The van der Waals surface area contributed by atoms with E-state index in [2.05, 4.69) is 48.1 Å². The lowest BCUT2D eigenvalue weighted by atomic mass is 10.2. The highest BCUT2D eigenvalue weighted by atomic mass is 15.1. The molecule has 1 aromatic rings. The Bertz CT molecular complexity index is 308. The number of pyridine rings is 1. The van der Waals surface area contributed by atoms with Crippen LogP contribution in [0.5, 0.6) is 0 Å². The van der Waals surface area contributed by atoms with Crippen molar-refractivity contribution in [3.8, 4) is 0 Å². The van der Waals surface area contributed by atoms with Crippen LogP contribution < -0.4 is 5.32 Å². The zero-order valence-corrected chi connectivity index (χ0v) is 12.1. The third-order valence-corrected chi connectivity index (χ3v) is 3.13. The summed E-state index contributed by atoms with van der Waals surface area (Å²) in [6.07, 6.45) is 4.52. The van der Waals surface area contributed by atoms with Crippen molar-refractivity contribution in [2.24, 2.45) is 0 Å². The van der Waals surface area contributed by atoms with Gasteiger partial charge in [-0.1, -0.05) is 33.3 Å². The highest BCUT2D eigenvalue weighted by molar-refractivity contribution is 5.13. The van der Waals surface area contributed by atoms with Crippen molar-refractivity contribution in [1.82, 2.24) is 15.2 Å². The smallest absolute Gasteiger partial charge is 0.0544 e. The average Bonchev–Trinajstić information content (AvgIpc) is 2.42. The van der Waals surface area contributed by atoms with Gasteiger partial charge in [0.25, 0.3) is 0 Å². The summed E-state index contributed by atoms with van der Waals surface area (Å²) in [5.41, 5.74) is 2.44. The van der Waals surface area contributed by atoms with E-state index in [4.69, 9.17) is 0 Å². The van der Waals surface area contributed by atoms with Gasteiger partial charge in [0.1, 0.15) is 0 Å². The molecule has 1 heterocycles. The number of nitrogens with zero attached hydrogens (tertiary/aromatic N) is 2. The molecule has 18 heavy (non-hydrogen) atoms. The van der Waals surface area contributed by atoms with E-state index in [0.717, 1.165) is 26.2 Å². The van der Waals surface area contributed by atoms with E-state index < -0.39 is 0 Å². The zero-order valence-electron chi connectivity index (χ0n) is 12.1. The molecule has 0 spiro atoms. The quantitative estimate of drug-likeness (QED) is 0.729. The molecule has 0 aliphatic carbocycles. The number of rotatable bonds is 9. The minimum Gasteiger partial charge on any atom is -0.313 e. The van der Waals surface area contributed by atoms with Crippen LogP contribution in [0.4, 0.5) is 0 Å². The van der Waals surface area contributed by atoms with Crippen LogP contribution in [0.15, 0.2) is 18.3 Å². The number of unbranched alkanes of at least 4 members (excludes halogenated alkanes) is 1. The first-order valence-corrected chi connectivity index (χ1v) is 7.17. The maximum atomic E-state index is 4.55. The van der Waals surface area contributed by atoms with Crippen LogP contribution in [0.3, 0.4) is 0 Å². The van der Waals surface area contributed by atoms with E-state index in [1.54, 1.807) is 0 Å². The fourth-order valence-electron chi connectivity index (χ4n) is 1.88. The van der Waals surface area contributed by atoms with Crippen LogP contribution in [0.1, 0.15) is 44.9 Å². The summed E-state index contributed by atoms with van der Waals surface area (Å²) in [5, 5.41) is 3.31. The van der Waals surface area contributed by atoms with Gasteiger partial charge in [-0.15, -0.1) is 0 Å². The molecule has 0 atom stereocenters. The van der Waals surface area contributed by atoms with Crippen molar-refractivity contribution >= 4 is 0 Å². The Labute approximate surface area is 112 Å². The van der Waals surface area contributed by atoms with Crippen LogP contribution in [-0.4, -0.2) is 29.5 Å². The van der Waals surface area contributed by atoms with Gasteiger partial charge in [-0.05, 0) is 37.7 Å². The number of aromatic nitrogens is 1. The largest absolute Gasteiger partial charge is 0.313 e. The second kappa shape index (κ2) is 9.06. The van der Waals surface area contributed by atoms with E-state index in [-0.39, 0.29) is 0 Å². The van der Waals surface area contributed by atoms with Crippen LogP contribution in [0.2, 0.25) is 0 Å². The van der Waals surface area contributed by atoms with Crippen molar-refractivity contribution in [3.63, 3.8) is 0 Å². The monoisotopic (exact) mass is 249 g/mol. The SMILES string of the molecule is CCCCN(CC)Cc1ccc(CNCC)cn1. The molecule has 0 aliphatic rings. The molecule has 0 fully saturated rings. The van der Waals surface area contributed by atoms with Gasteiger partial charge in [-0.2, -0.15) is 0 Å². The Balaban J connectivity index is 2.45. The first kappa shape index (κ1) is 15.1. The maximum absolute atomic E-state index is 4.55. The zero-order chi connectivity index (χ0) is 13.2. The van der Waals surface area contributed by atoms with E-state index in [9.17, 15) is 0 Å². The van der Waals surface area contributed by atoms with Crippen molar-refractivity contribution in [2.45, 2.75) is 46.7 Å². The molecule has 1 rings (SSSR count). The van der Waals surface area contributed by atoms with Gasteiger partial charge in [-0.25, -0.2) is 0 Å². The fraction of sp³-hybridized carbons (Fsp3) is 0.667. The van der Waals surface area contributed by atoms with E-state index in [1.165, 1.54) is 30.6 Å². The van der Waals surface area contributed by atoms with Gasteiger partial charge in [0.05, 0.1) is 5.69 Å². The summed E-state index contributed by atoms with van der Waals surface area (Å²) in [6, 6.07) is 4.33. The van der Waals surface area contributed by atoms with Gasteiger partial charge in [0, 0.05) is 19.3 Å². The van der Waals surface area contributed by atoms with Crippen molar-refractivity contribution < 1.29 is 0 Å². The second-order valence-electron chi connectivity index (χ2n) is 4.66. The summed E-state index contributed by atoms with van der Waals surface area (Å²) in [4.78, 5) is 7.00. The van der Waals surface area contributed by atoms with Crippen molar-refractivity contribution in [1.29, 1.82) is 0 Å². The summed E-state index contributed by atoms with van der Waals surface area (Å²) >= 11 is 0. The first-order chi connectivity index (χ1) is 8.80. The van der Waals surface area contributed by atoms with Gasteiger partial charge < -0.3 is 5.32 Å². The molecule has 1 N–H and O–H groups in total. The Kier molecular flexibility index (Phi) is 7.62. The number of hydrogen-bond acceptors (Lipinski definition) is 3. The molecule has 0 amide bonds. The summed E-state index contributed by atoms with van der Waals surface area (Å²) in [6.45, 7) is 11.7. The Hall–Kier alpha value is -0.930. The van der Waals surface area contributed by atoms with Gasteiger partial charge in [-0.3, -0.25) is 9.88 Å². The predicted molar refractivity (Wildman–Crippen MR) is 77.5 cm³/mol. The molecule has 0 aliphatic heterocycles. The molecule has 0 aromatic carbocycles. The minimum absolute atomic E-state index is 0.914. The van der Waals surface area contributed by atoms with Gasteiger partial charge >= 0.3 is 0 Å². The molecule has 102 valence electrons. The number of hydrogen-bond donors (Lipinski definition) is 1. The third-order valence-electron chi connectivity index (χ3n) is 3.13. The molecule has 0 bridgehead atoms. The molecule has 0 saturated carbocycles. The normalized spacial score (nSPS) is 11.1. The van der Waals surface area contributed by atoms with Crippen molar-refractivity contribution in [2.75, 3.05) is 19.6 Å². The standard InChI is InChI=1S/C15H27N3/c1-4-7-10-18(6-3)13-15-9-8-14(12-17-15)11-16-5-2/h8-9,12,16H,4-7,10-11,13H2,1-3H3. The Morgan fingerprint density at radius 3 is 2.61 bits per heavy atom. The van der Waals surface area contributed by atoms with Gasteiger partial charge in [0.15, 0.2) is 0 Å². The summed E-state index contributed by atoms with van der Waals surface area (Å²) < 4.78 is 0. The van der Waals surface area contributed by atoms with Crippen LogP contribution in [0.25, 0.3) is 0 Å². The lowest BCUT2D eigenvalue weighted by Crippen LogP contribution is -2.24. The summed E-state index contributed by atoms with van der Waals surface area (Å²) in [5.74, 6) is 0. The molecule has 1 aromatic heterocycles. The van der Waals surface area contributed by atoms with Crippen LogP contribution >= 0.6 is 0 Å². The average molecular weight is 249 g/mol. The van der Waals surface area contributed by atoms with Gasteiger partial charge in [0.2, 0.25) is 0 Å². The van der Waals surface area contributed by atoms with E-state index in [0.29, 0.717) is 0 Å². The molecule has 0 unspecified atom stereocenters. The summed E-state index contributed by atoms with van der Waals surface area (Å²) in [7, 11) is 0. The first-order valence-electron chi connectivity index (χ1n) is 7.17. The lowest BCUT2D eigenvalue weighted by molar-refractivity contribution is 0.272. The minimum atomic E-state index is 0.914. The Morgan fingerprint density at radius 1 is 1.22 bits per heavy atom. The number of nitrogens with one attached hydrogen (secondary N) is 1. The highest BCUT2D eigenvalue weighted by Crippen LogP contribution is 2.05. The topological polar surface area (TPSA) is 28.2 Å². The van der Waals surface area contributed by atoms with Crippen molar-refractivity contribution in [3.05, 3.63) is 29.6 Å². The molecule has 0 radical (unpaired) electrons. The van der Waals surface area contributed by atoms with Crippen LogP contribution in [-0.2, 0) is 13.1 Å². The van der Waals surface area contributed by atoms with E-state index in [1.807, 2.05) is 6.20 Å². The Morgan fingerprint density at radius 2 is 2.06 bits per heavy atom. The highest BCUT2D eigenvalue weighted by Gasteiger charge is 2.04.